The average molecular weight is 245 g/mol. The zero-order valence-corrected chi connectivity index (χ0v) is 10.4. The van der Waals surface area contributed by atoms with Gasteiger partial charge in [0.1, 0.15) is 5.82 Å². The first-order chi connectivity index (χ1) is 8.78. The normalized spacial score (nSPS) is 18.2. The lowest BCUT2D eigenvalue weighted by molar-refractivity contribution is 0.528. The van der Waals surface area contributed by atoms with Crippen LogP contribution in [0.1, 0.15) is 30.6 Å². The zero-order chi connectivity index (χ0) is 12.5. The summed E-state index contributed by atoms with van der Waals surface area (Å²) in [4.78, 5) is 4.54. The molecule has 2 heterocycles. The molecule has 4 heteroatoms. The van der Waals surface area contributed by atoms with Crippen LogP contribution in [0.15, 0.2) is 30.5 Å². The summed E-state index contributed by atoms with van der Waals surface area (Å²) in [5.41, 5.74) is 2.23. The van der Waals surface area contributed by atoms with Gasteiger partial charge >= 0.3 is 0 Å². The van der Waals surface area contributed by atoms with Gasteiger partial charge in [-0.2, -0.15) is 0 Å². The van der Waals surface area contributed by atoms with Crippen LogP contribution < -0.4 is 5.32 Å². The van der Waals surface area contributed by atoms with E-state index in [0.29, 0.717) is 0 Å². The highest BCUT2D eigenvalue weighted by molar-refractivity contribution is 5.36. The molecule has 0 saturated carbocycles. The molecule has 3 rings (SSSR count). The molecule has 1 aliphatic heterocycles. The van der Waals surface area contributed by atoms with Crippen molar-refractivity contribution in [3.05, 3.63) is 47.5 Å². The summed E-state index contributed by atoms with van der Waals surface area (Å²) < 4.78 is 15.1. The first-order valence-corrected chi connectivity index (χ1v) is 6.35. The van der Waals surface area contributed by atoms with Gasteiger partial charge in [0, 0.05) is 12.7 Å². The van der Waals surface area contributed by atoms with E-state index in [1.807, 2.05) is 12.1 Å². The lowest BCUT2D eigenvalue weighted by Crippen LogP contribution is -2.23. The average Bonchev–Trinajstić information content (AvgIpc) is 2.82. The predicted molar refractivity (Wildman–Crippen MR) is 69.3 cm³/mol. The Morgan fingerprint density at radius 2 is 2.17 bits per heavy atom. The molecule has 0 aliphatic carbocycles. The van der Waals surface area contributed by atoms with Gasteiger partial charge in [0.05, 0.1) is 11.7 Å². The molecule has 1 aromatic heterocycles. The van der Waals surface area contributed by atoms with Crippen LogP contribution in [-0.4, -0.2) is 16.1 Å². The fourth-order valence-corrected chi connectivity index (χ4v) is 2.46. The van der Waals surface area contributed by atoms with Gasteiger partial charge in [-0.3, -0.25) is 0 Å². The third kappa shape index (κ3) is 1.88. The lowest BCUT2D eigenvalue weighted by Gasteiger charge is -2.26. The van der Waals surface area contributed by atoms with Gasteiger partial charge in [0.25, 0.3) is 0 Å². The number of nitrogens with zero attached hydrogens (tertiary/aromatic N) is 2. The van der Waals surface area contributed by atoms with Crippen LogP contribution in [-0.2, 0) is 6.42 Å². The van der Waals surface area contributed by atoms with E-state index in [4.69, 9.17) is 0 Å². The van der Waals surface area contributed by atoms with E-state index >= 15 is 0 Å². The number of anilines is 1. The second kappa shape index (κ2) is 4.44. The molecule has 1 aliphatic rings. The summed E-state index contributed by atoms with van der Waals surface area (Å²) in [5.74, 6) is 0.736. The van der Waals surface area contributed by atoms with Crippen molar-refractivity contribution in [1.29, 1.82) is 0 Å². The van der Waals surface area contributed by atoms with E-state index in [2.05, 4.69) is 28.0 Å². The third-order valence-electron chi connectivity index (χ3n) is 3.44. The van der Waals surface area contributed by atoms with E-state index in [1.54, 1.807) is 0 Å². The number of hydrogen-bond acceptors (Lipinski definition) is 2. The van der Waals surface area contributed by atoms with Gasteiger partial charge in [-0.1, -0.05) is 19.1 Å². The van der Waals surface area contributed by atoms with Gasteiger partial charge < -0.3 is 9.88 Å². The van der Waals surface area contributed by atoms with E-state index in [1.165, 1.54) is 12.1 Å². The van der Waals surface area contributed by atoms with Crippen LogP contribution in [0.3, 0.4) is 0 Å². The van der Waals surface area contributed by atoms with Gasteiger partial charge in [-0.05, 0) is 30.5 Å². The topological polar surface area (TPSA) is 29.9 Å². The maximum atomic E-state index is 13.0. The second-order valence-electron chi connectivity index (χ2n) is 4.60. The fraction of sp³-hybridized carbons (Fsp3) is 0.357. The Morgan fingerprint density at radius 3 is 2.89 bits per heavy atom. The number of hydrogen-bond donors (Lipinski definition) is 1. The lowest BCUT2D eigenvalue weighted by atomic mass is 10.0. The van der Waals surface area contributed by atoms with Crippen molar-refractivity contribution in [2.24, 2.45) is 0 Å². The summed E-state index contributed by atoms with van der Waals surface area (Å²) in [7, 11) is 0. The van der Waals surface area contributed by atoms with Gasteiger partial charge in [0.2, 0.25) is 5.95 Å². The van der Waals surface area contributed by atoms with E-state index in [-0.39, 0.29) is 11.9 Å². The minimum absolute atomic E-state index is 0.187. The Kier molecular flexibility index (Phi) is 2.78. The summed E-state index contributed by atoms with van der Waals surface area (Å²) in [6.45, 7) is 3.00. The van der Waals surface area contributed by atoms with Crippen LogP contribution in [0.4, 0.5) is 10.3 Å². The SMILES string of the molecule is CCc1cn2c(n1)NCCC2c1ccc(F)cc1. The van der Waals surface area contributed by atoms with Crippen LogP contribution in [0.2, 0.25) is 0 Å². The highest BCUT2D eigenvalue weighted by Crippen LogP contribution is 2.29. The number of nitrogens with one attached hydrogen (secondary N) is 1. The van der Waals surface area contributed by atoms with Gasteiger partial charge in [-0.25, -0.2) is 9.37 Å². The molecule has 0 radical (unpaired) electrons. The van der Waals surface area contributed by atoms with Crippen molar-refractivity contribution in [2.45, 2.75) is 25.8 Å². The van der Waals surface area contributed by atoms with E-state index < -0.39 is 0 Å². The van der Waals surface area contributed by atoms with E-state index in [0.717, 1.165) is 36.6 Å². The van der Waals surface area contributed by atoms with Crippen LogP contribution in [0, 0.1) is 5.82 Å². The van der Waals surface area contributed by atoms with Crippen molar-refractivity contribution in [3.8, 4) is 0 Å². The monoisotopic (exact) mass is 245 g/mol. The molecule has 2 aromatic rings. The fourth-order valence-electron chi connectivity index (χ4n) is 2.46. The molecule has 0 saturated heterocycles. The summed E-state index contributed by atoms with van der Waals surface area (Å²) >= 11 is 0. The van der Waals surface area contributed by atoms with E-state index in [9.17, 15) is 4.39 Å². The predicted octanol–water partition coefficient (Wildman–Crippen LogP) is 2.99. The van der Waals surface area contributed by atoms with Crippen LogP contribution in [0.5, 0.6) is 0 Å². The number of rotatable bonds is 2. The molecular weight excluding hydrogens is 229 g/mol. The largest absolute Gasteiger partial charge is 0.356 e. The van der Waals surface area contributed by atoms with Crippen LogP contribution >= 0.6 is 0 Å². The molecule has 1 N–H and O–H groups in total. The molecule has 1 atom stereocenters. The molecule has 94 valence electrons. The number of imidazole rings is 1. The van der Waals surface area contributed by atoms with Crippen molar-refractivity contribution in [3.63, 3.8) is 0 Å². The Bertz CT molecular complexity index is 545. The van der Waals surface area contributed by atoms with Crippen molar-refractivity contribution in [2.75, 3.05) is 11.9 Å². The first-order valence-electron chi connectivity index (χ1n) is 6.35. The number of benzene rings is 1. The number of halogens is 1. The molecule has 0 amide bonds. The smallest absolute Gasteiger partial charge is 0.203 e. The summed E-state index contributed by atoms with van der Waals surface area (Å²) in [5, 5.41) is 3.31. The minimum atomic E-state index is -0.187. The van der Waals surface area contributed by atoms with Crippen LogP contribution in [0.25, 0.3) is 0 Å². The highest BCUT2D eigenvalue weighted by atomic mass is 19.1. The maximum Gasteiger partial charge on any atom is 0.203 e. The molecule has 0 fully saturated rings. The number of fused-ring (bicyclic) bond motifs is 1. The molecule has 0 bridgehead atoms. The summed E-state index contributed by atoms with van der Waals surface area (Å²) in [6, 6.07) is 7.03. The standard InChI is InChI=1S/C14H16FN3/c1-2-12-9-18-13(7-8-16-14(18)17-12)10-3-5-11(15)6-4-10/h3-6,9,13H,2,7-8H2,1H3,(H,16,17). The molecule has 3 nitrogen and oxygen atoms in total. The Balaban J connectivity index is 2.00. The van der Waals surface area contributed by atoms with Crippen molar-refractivity contribution >= 4 is 5.95 Å². The molecular formula is C14H16FN3. The first kappa shape index (κ1) is 11.3. The molecule has 18 heavy (non-hydrogen) atoms. The third-order valence-corrected chi connectivity index (χ3v) is 3.44. The number of aromatic nitrogens is 2. The Hall–Kier alpha value is -1.84. The van der Waals surface area contributed by atoms with Gasteiger partial charge in [-0.15, -0.1) is 0 Å². The number of aryl methyl sites for hydroxylation is 1. The summed E-state index contributed by atoms with van der Waals surface area (Å²) in [6.07, 6.45) is 4.02. The van der Waals surface area contributed by atoms with Crippen molar-refractivity contribution < 1.29 is 4.39 Å². The zero-order valence-electron chi connectivity index (χ0n) is 10.4. The minimum Gasteiger partial charge on any atom is -0.356 e. The maximum absolute atomic E-state index is 13.0. The second-order valence-corrected chi connectivity index (χ2v) is 4.60. The molecule has 1 unspecified atom stereocenters. The Morgan fingerprint density at radius 1 is 1.39 bits per heavy atom. The molecule has 1 aromatic carbocycles. The molecule has 0 spiro atoms. The van der Waals surface area contributed by atoms with Gasteiger partial charge in [0.15, 0.2) is 0 Å². The quantitative estimate of drug-likeness (QED) is 0.881. The Labute approximate surface area is 106 Å². The van der Waals surface area contributed by atoms with Crippen molar-refractivity contribution in [1.82, 2.24) is 9.55 Å². The highest BCUT2D eigenvalue weighted by Gasteiger charge is 2.22.